The first-order valence-corrected chi connectivity index (χ1v) is 10.3. The van der Waals surface area contributed by atoms with E-state index in [1.165, 1.54) is 0 Å². The number of thioether (sulfide) groups is 1. The molecule has 2 aromatic heterocycles. The minimum atomic E-state index is 0. The zero-order chi connectivity index (χ0) is 16.6. The lowest BCUT2D eigenvalue weighted by atomic mass is 10.2. The van der Waals surface area contributed by atoms with Gasteiger partial charge in [0.25, 0.3) is 0 Å². The number of aromatic nitrogens is 2. The number of rotatable bonds is 7. The highest BCUT2D eigenvalue weighted by Gasteiger charge is 2.16. The molecule has 0 spiro atoms. The molecule has 0 aliphatic carbocycles. The molecule has 0 bridgehead atoms. The molecule has 26 heavy (non-hydrogen) atoms. The van der Waals surface area contributed by atoms with Gasteiger partial charge >= 0.3 is 0 Å². The minimum Gasteiger partial charge on any atom is -0.356 e. The molecule has 1 atom stereocenters. The maximum atomic E-state index is 11.9. The molecular weight excluding hydrogens is 411 g/mol. The monoisotopic (exact) mass is 434 g/mol. The van der Waals surface area contributed by atoms with Crippen LogP contribution < -0.4 is 10.6 Å². The topological polar surface area (TPSA) is 66.9 Å². The Labute approximate surface area is 175 Å². The van der Waals surface area contributed by atoms with Crippen molar-refractivity contribution in [2.45, 2.75) is 25.3 Å². The number of hydrogen-bond donors (Lipinski definition) is 2. The molecule has 1 aliphatic heterocycles. The normalized spacial score (nSPS) is 16.2. The van der Waals surface area contributed by atoms with Crippen molar-refractivity contribution in [3.63, 3.8) is 0 Å². The van der Waals surface area contributed by atoms with E-state index in [4.69, 9.17) is 0 Å². The second-order valence-corrected chi connectivity index (χ2v) is 7.84. The Kier molecular flexibility index (Phi) is 11.2. The van der Waals surface area contributed by atoms with E-state index in [-0.39, 0.29) is 30.7 Å². The third-order valence-corrected chi connectivity index (χ3v) is 5.89. The van der Waals surface area contributed by atoms with Crippen molar-refractivity contribution in [1.82, 2.24) is 20.6 Å². The van der Waals surface area contributed by atoms with E-state index in [9.17, 15) is 4.79 Å². The predicted octanol–water partition coefficient (Wildman–Crippen LogP) is 3.19. The standard InChI is InChI=1S/C17H22N4OS2.2ClH/c22-16(10-14-11-23-9-8-19-14)20-5-1-2-17-21-15(12-24-17)13-3-6-18-7-4-13;;/h3-4,6-7,12,14,19H,1-2,5,8-11H2,(H,20,22);2*1H. The van der Waals surface area contributed by atoms with Crippen molar-refractivity contribution in [2.24, 2.45) is 0 Å². The Bertz CT molecular complexity index is 651. The van der Waals surface area contributed by atoms with Crippen LogP contribution in [0.2, 0.25) is 0 Å². The fraction of sp³-hybridized carbons (Fsp3) is 0.471. The maximum Gasteiger partial charge on any atom is 0.221 e. The van der Waals surface area contributed by atoms with Crippen LogP contribution in [0.4, 0.5) is 0 Å². The van der Waals surface area contributed by atoms with E-state index >= 15 is 0 Å². The van der Waals surface area contributed by atoms with Crippen molar-refractivity contribution >= 4 is 53.8 Å². The Morgan fingerprint density at radius 1 is 1.31 bits per heavy atom. The Balaban J connectivity index is 0.00000169. The third kappa shape index (κ3) is 7.40. The van der Waals surface area contributed by atoms with Gasteiger partial charge in [-0.05, 0) is 18.6 Å². The molecule has 0 radical (unpaired) electrons. The molecule has 1 fully saturated rings. The lowest BCUT2D eigenvalue weighted by molar-refractivity contribution is -0.121. The second kappa shape index (κ2) is 12.5. The summed E-state index contributed by atoms with van der Waals surface area (Å²) in [5, 5.41) is 9.60. The van der Waals surface area contributed by atoms with Gasteiger partial charge in [0.1, 0.15) is 0 Å². The summed E-state index contributed by atoms with van der Waals surface area (Å²) < 4.78 is 0. The van der Waals surface area contributed by atoms with Gasteiger partial charge in [-0.3, -0.25) is 9.78 Å². The van der Waals surface area contributed by atoms with E-state index in [0.717, 1.165) is 47.2 Å². The molecule has 1 amide bonds. The van der Waals surface area contributed by atoms with Crippen LogP contribution in [-0.4, -0.2) is 46.5 Å². The van der Waals surface area contributed by atoms with Gasteiger partial charge in [-0.1, -0.05) is 0 Å². The van der Waals surface area contributed by atoms with Crippen LogP contribution in [0.25, 0.3) is 11.3 Å². The van der Waals surface area contributed by atoms with E-state index in [2.05, 4.69) is 26.0 Å². The second-order valence-electron chi connectivity index (χ2n) is 5.75. The molecule has 1 unspecified atom stereocenters. The number of carbonyl (C=O) groups is 1. The molecule has 0 aromatic carbocycles. The Morgan fingerprint density at radius 2 is 2.12 bits per heavy atom. The first-order chi connectivity index (χ1) is 11.8. The van der Waals surface area contributed by atoms with Crippen molar-refractivity contribution in [3.8, 4) is 11.3 Å². The average Bonchev–Trinajstić information content (AvgIpc) is 3.09. The average molecular weight is 435 g/mol. The van der Waals surface area contributed by atoms with Gasteiger partial charge in [0.15, 0.2) is 0 Å². The Hall–Kier alpha value is -0.860. The number of halogens is 2. The van der Waals surface area contributed by atoms with Crippen molar-refractivity contribution in [1.29, 1.82) is 0 Å². The highest BCUT2D eigenvalue weighted by Crippen LogP contribution is 2.21. The lowest BCUT2D eigenvalue weighted by Crippen LogP contribution is -2.41. The Morgan fingerprint density at radius 3 is 2.85 bits per heavy atom. The van der Waals surface area contributed by atoms with E-state index in [0.29, 0.717) is 19.0 Å². The largest absolute Gasteiger partial charge is 0.356 e. The van der Waals surface area contributed by atoms with E-state index in [1.54, 1.807) is 23.7 Å². The summed E-state index contributed by atoms with van der Waals surface area (Å²) in [6.07, 6.45) is 5.96. The summed E-state index contributed by atoms with van der Waals surface area (Å²) in [4.78, 5) is 20.6. The number of amides is 1. The van der Waals surface area contributed by atoms with Gasteiger partial charge in [0, 0.05) is 66.8 Å². The van der Waals surface area contributed by atoms with E-state index < -0.39 is 0 Å². The molecule has 3 heterocycles. The quantitative estimate of drug-likeness (QED) is 0.654. The van der Waals surface area contributed by atoms with Gasteiger partial charge in [0.05, 0.1) is 10.7 Å². The molecule has 0 saturated carbocycles. The van der Waals surface area contributed by atoms with Gasteiger partial charge < -0.3 is 10.6 Å². The lowest BCUT2D eigenvalue weighted by Gasteiger charge is -2.22. The molecule has 2 N–H and O–H groups in total. The summed E-state index contributed by atoms with van der Waals surface area (Å²) >= 11 is 3.59. The van der Waals surface area contributed by atoms with Crippen LogP contribution in [0.3, 0.4) is 0 Å². The number of aryl methyl sites for hydroxylation is 1. The predicted molar refractivity (Wildman–Crippen MR) is 115 cm³/mol. The number of nitrogens with one attached hydrogen (secondary N) is 2. The van der Waals surface area contributed by atoms with Crippen molar-refractivity contribution in [2.75, 3.05) is 24.6 Å². The molecule has 5 nitrogen and oxygen atoms in total. The minimum absolute atomic E-state index is 0. The summed E-state index contributed by atoms with van der Waals surface area (Å²) in [6.45, 7) is 1.72. The summed E-state index contributed by atoms with van der Waals surface area (Å²) in [5.74, 6) is 2.32. The van der Waals surface area contributed by atoms with Crippen LogP contribution in [-0.2, 0) is 11.2 Å². The van der Waals surface area contributed by atoms with Crippen LogP contribution in [0, 0.1) is 0 Å². The van der Waals surface area contributed by atoms with Crippen LogP contribution in [0.1, 0.15) is 17.8 Å². The van der Waals surface area contributed by atoms with Crippen LogP contribution >= 0.6 is 47.9 Å². The number of hydrogen-bond acceptors (Lipinski definition) is 6. The highest BCUT2D eigenvalue weighted by molar-refractivity contribution is 7.99. The summed E-state index contributed by atoms with van der Waals surface area (Å²) in [5.41, 5.74) is 2.10. The zero-order valence-corrected chi connectivity index (χ0v) is 17.6. The van der Waals surface area contributed by atoms with Gasteiger partial charge in [0.2, 0.25) is 5.91 Å². The zero-order valence-electron chi connectivity index (χ0n) is 14.3. The van der Waals surface area contributed by atoms with Crippen LogP contribution in [0.15, 0.2) is 29.9 Å². The summed E-state index contributed by atoms with van der Waals surface area (Å²) in [6, 6.07) is 4.26. The smallest absolute Gasteiger partial charge is 0.221 e. The molecule has 1 aliphatic rings. The number of thiazole rings is 1. The molecular formula is C17H24Cl2N4OS2. The maximum absolute atomic E-state index is 11.9. The SMILES string of the molecule is Cl.Cl.O=C(CC1CSCCN1)NCCCc1nc(-c2ccncc2)cs1. The fourth-order valence-corrected chi connectivity index (χ4v) is 4.39. The number of carbonyl (C=O) groups excluding carboxylic acids is 1. The molecule has 144 valence electrons. The van der Waals surface area contributed by atoms with E-state index in [1.807, 2.05) is 23.9 Å². The van der Waals surface area contributed by atoms with Crippen molar-refractivity contribution in [3.05, 3.63) is 34.9 Å². The number of nitrogens with zero attached hydrogens (tertiary/aromatic N) is 2. The first-order valence-electron chi connectivity index (χ1n) is 8.24. The highest BCUT2D eigenvalue weighted by atomic mass is 35.5. The fourth-order valence-electron chi connectivity index (χ4n) is 2.60. The molecule has 9 heteroatoms. The van der Waals surface area contributed by atoms with Crippen LogP contribution in [0.5, 0.6) is 0 Å². The van der Waals surface area contributed by atoms with Gasteiger partial charge in [-0.2, -0.15) is 11.8 Å². The molecule has 3 rings (SSSR count). The van der Waals surface area contributed by atoms with Crippen molar-refractivity contribution < 1.29 is 4.79 Å². The first kappa shape index (κ1) is 23.2. The third-order valence-electron chi connectivity index (χ3n) is 3.85. The van der Waals surface area contributed by atoms with Gasteiger partial charge in [-0.25, -0.2) is 4.98 Å². The number of pyridine rings is 1. The summed E-state index contributed by atoms with van der Waals surface area (Å²) in [7, 11) is 0. The molecule has 2 aromatic rings. The van der Waals surface area contributed by atoms with Gasteiger partial charge in [-0.15, -0.1) is 36.2 Å². The molecule has 1 saturated heterocycles.